The summed E-state index contributed by atoms with van der Waals surface area (Å²) in [6, 6.07) is 0. The Bertz CT molecular complexity index is 152. The van der Waals surface area contributed by atoms with Crippen molar-refractivity contribution in [1.82, 2.24) is 0 Å². The maximum Gasteiger partial charge on any atom is 0.329 e. The van der Waals surface area contributed by atoms with Gasteiger partial charge >= 0.3 is 5.97 Å². The molecule has 0 rings (SSSR count). The highest BCUT2D eigenvalue weighted by Gasteiger charge is 2.26. The molecule has 0 aromatic rings. The van der Waals surface area contributed by atoms with Gasteiger partial charge in [0, 0.05) is 6.61 Å². The lowest BCUT2D eigenvalue weighted by Gasteiger charge is -2.30. The molecule has 0 bridgehead atoms. The lowest BCUT2D eigenvalue weighted by Crippen LogP contribution is -2.34. The third-order valence-corrected chi connectivity index (χ3v) is 2.36. The molecule has 0 aliphatic heterocycles. The Morgan fingerprint density at radius 2 is 1.92 bits per heavy atom. The minimum atomic E-state index is -0.968. The van der Waals surface area contributed by atoms with Crippen molar-refractivity contribution in [2.45, 2.75) is 38.7 Å². The molecule has 0 aliphatic carbocycles. The van der Waals surface area contributed by atoms with Crippen molar-refractivity contribution < 1.29 is 19.7 Å². The number of carbonyl (C=O) groups is 1. The van der Waals surface area contributed by atoms with E-state index in [2.05, 4.69) is 0 Å². The molecule has 0 amide bonds. The first-order valence-corrected chi connectivity index (χ1v) is 4.57. The molecule has 4 heteroatoms. The van der Waals surface area contributed by atoms with Crippen molar-refractivity contribution in [1.29, 1.82) is 0 Å². The number of carboxylic acid groups (broad SMARTS) is 1. The molecule has 0 heterocycles. The van der Waals surface area contributed by atoms with Gasteiger partial charge in [-0.05, 0) is 19.3 Å². The molecule has 0 fully saturated rings. The number of aliphatic hydroxyl groups is 1. The molecule has 13 heavy (non-hydrogen) atoms. The van der Waals surface area contributed by atoms with E-state index >= 15 is 0 Å². The highest BCUT2D eigenvalue weighted by molar-refractivity contribution is 5.68. The minimum absolute atomic E-state index is 0.0291. The third-order valence-electron chi connectivity index (χ3n) is 2.36. The molecule has 0 saturated carbocycles. The van der Waals surface area contributed by atoms with Gasteiger partial charge < -0.3 is 14.9 Å². The van der Waals surface area contributed by atoms with Gasteiger partial charge in [0.05, 0.1) is 5.60 Å². The predicted molar refractivity (Wildman–Crippen MR) is 48.6 cm³/mol. The lowest BCUT2D eigenvalue weighted by atomic mass is 9.93. The van der Waals surface area contributed by atoms with Crippen LogP contribution in [-0.4, -0.2) is 35.0 Å². The number of hydrogen-bond donors (Lipinski definition) is 2. The summed E-state index contributed by atoms with van der Waals surface area (Å²) in [6.07, 6.45) is 1.93. The predicted octanol–water partition coefficient (Wildman–Crippen LogP) is 1.03. The van der Waals surface area contributed by atoms with Crippen LogP contribution >= 0.6 is 0 Å². The molecule has 0 aromatic carbocycles. The summed E-state index contributed by atoms with van der Waals surface area (Å²) in [5.41, 5.74) is -0.465. The standard InChI is InChI=1S/C9H18O4/c1-3-9(4-2,5-6-10)13-7-8(11)12/h10H,3-7H2,1-2H3,(H,11,12). The summed E-state index contributed by atoms with van der Waals surface area (Å²) in [7, 11) is 0. The van der Waals surface area contributed by atoms with Gasteiger partial charge in [-0.3, -0.25) is 0 Å². The molecule has 0 atom stereocenters. The van der Waals surface area contributed by atoms with Gasteiger partial charge in [0.1, 0.15) is 6.61 Å². The molecule has 4 nitrogen and oxygen atoms in total. The highest BCUT2D eigenvalue weighted by Crippen LogP contribution is 2.24. The van der Waals surface area contributed by atoms with Gasteiger partial charge in [-0.25, -0.2) is 4.79 Å². The van der Waals surface area contributed by atoms with Crippen LogP contribution in [0.2, 0.25) is 0 Å². The van der Waals surface area contributed by atoms with Crippen LogP contribution in [0.3, 0.4) is 0 Å². The summed E-state index contributed by atoms with van der Waals surface area (Å²) < 4.78 is 5.27. The summed E-state index contributed by atoms with van der Waals surface area (Å²) in [5.74, 6) is -0.968. The summed E-state index contributed by atoms with van der Waals surface area (Å²) >= 11 is 0. The third kappa shape index (κ3) is 4.24. The Morgan fingerprint density at radius 3 is 2.23 bits per heavy atom. The van der Waals surface area contributed by atoms with Crippen molar-refractivity contribution in [3.63, 3.8) is 0 Å². The minimum Gasteiger partial charge on any atom is -0.480 e. The van der Waals surface area contributed by atoms with E-state index < -0.39 is 11.6 Å². The first kappa shape index (κ1) is 12.4. The molecule has 0 aromatic heterocycles. The molecule has 0 saturated heterocycles. The smallest absolute Gasteiger partial charge is 0.329 e. The molecule has 2 N–H and O–H groups in total. The maximum atomic E-state index is 10.3. The van der Waals surface area contributed by atoms with Crippen LogP contribution in [0.4, 0.5) is 0 Å². The maximum absolute atomic E-state index is 10.3. The monoisotopic (exact) mass is 190 g/mol. The average Bonchev–Trinajstić information content (AvgIpc) is 2.12. The van der Waals surface area contributed by atoms with E-state index in [9.17, 15) is 4.79 Å². The molecule has 78 valence electrons. The normalized spacial score (nSPS) is 11.6. The van der Waals surface area contributed by atoms with Gasteiger partial charge in [-0.15, -0.1) is 0 Å². The molecular formula is C9H18O4. The van der Waals surface area contributed by atoms with Gasteiger partial charge in [0.2, 0.25) is 0 Å². The van der Waals surface area contributed by atoms with Crippen LogP contribution in [0, 0.1) is 0 Å². The van der Waals surface area contributed by atoms with Crippen molar-refractivity contribution in [2.24, 2.45) is 0 Å². The van der Waals surface area contributed by atoms with E-state index in [-0.39, 0.29) is 13.2 Å². The van der Waals surface area contributed by atoms with Gasteiger partial charge in [0.15, 0.2) is 0 Å². The van der Waals surface area contributed by atoms with Crippen LogP contribution < -0.4 is 0 Å². The molecule has 0 spiro atoms. The van der Waals surface area contributed by atoms with Gasteiger partial charge in [-0.1, -0.05) is 13.8 Å². The van der Waals surface area contributed by atoms with Gasteiger partial charge in [0.25, 0.3) is 0 Å². The molecule has 0 aliphatic rings. The van der Waals surface area contributed by atoms with Crippen LogP contribution in [0.25, 0.3) is 0 Å². The Hall–Kier alpha value is -0.610. The zero-order valence-electron chi connectivity index (χ0n) is 8.25. The van der Waals surface area contributed by atoms with Crippen LogP contribution in [0.15, 0.2) is 0 Å². The Balaban J connectivity index is 4.12. The van der Waals surface area contributed by atoms with Crippen molar-refractivity contribution >= 4 is 5.97 Å². The van der Waals surface area contributed by atoms with Crippen LogP contribution in [0.5, 0.6) is 0 Å². The van der Waals surface area contributed by atoms with Crippen molar-refractivity contribution in [3.05, 3.63) is 0 Å². The van der Waals surface area contributed by atoms with E-state index in [4.69, 9.17) is 14.9 Å². The number of hydrogen-bond acceptors (Lipinski definition) is 3. The van der Waals surface area contributed by atoms with Crippen LogP contribution in [0.1, 0.15) is 33.1 Å². The van der Waals surface area contributed by atoms with E-state index in [0.717, 1.165) is 12.8 Å². The van der Waals surface area contributed by atoms with E-state index in [1.165, 1.54) is 0 Å². The average molecular weight is 190 g/mol. The Morgan fingerprint density at radius 1 is 1.38 bits per heavy atom. The quantitative estimate of drug-likeness (QED) is 0.629. The number of carboxylic acids is 1. The highest BCUT2D eigenvalue weighted by atomic mass is 16.5. The fraction of sp³-hybridized carbons (Fsp3) is 0.889. The number of aliphatic hydroxyl groups excluding tert-OH is 1. The Labute approximate surface area is 78.5 Å². The zero-order chi connectivity index (χ0) is 10.3. The second kappa shape index (κ2) is 5.94. The number of ether oxygens (including phenoxy) is 1. The van der Waals surface area contributed by atoms with E-state index in [1.807, 2.05) is 13.8 Å². The van der Waals surface area contributed by atoms with Crippen molar-refractivity contribution in [3.8, 4) is 0 Å². The van der Waals surface area contributed by atoms with Gasteiger partial charge in [-0.2, -0.15) is 0 Å². The summed E-state index contributed by atoms with van der Waals surface area (Å²) in [5, 5.41) is 17.3. The molecule has 0 radical (unpaired) electrons. The summed E-state index contributed by atoms with van der Waals surface area (Å²) in [6.45, 7) is 3.60. The fourth-order valence-corrected chi connectivity index (χ4v) is 1.30. The molecular weight excluding hydrogens is 172 g/mol. The Kier molecular flexibility index (Phi) is 5.66. The number of rotatable bonds is 7. The first-order valence-electron chi connectivity index (χ1n) is 4.57. The summed E-state index contributed by atoms with van der Waals surface area (Å²) in [4.78, 5) is 10.3. The molecule has 0 unspecified atom stereocenters. The largest absolute Gasteiger partial charge is 0.480 e. The lowest BCUT2D eigenvalue weighted by molar-refractivity contribution is -0.151. The second-order valence-corrected chi connectivity index (χ2v) is 3.05. The van der Waals surface area contributed by atoms with Crippen molar-refractivity contribution in [2.75, 3.05) is 13.2 Å². The number of aliphatic carboxylic acids is 1. The van der Waals surface area contributed by atoms with Crippen LogP contribution in [-0.2, 0) is 9.53 Å². The van der Waals surface area contributed by atoms with E-state index in [0.29, 0.717) is 6.42 Å². The SMILES string of the molecule is CCC(CC)(CCO)OCC(=O)O. The second-order valence-electron chi connectivity index (χ2n) is 3.05. The van der Waals surface area contributed by atoms with E-state index in [1.54, 1.807) is 0 Å². The fourth-order valence-electron chi connectivity index (χ4n) is 1.30. The first-order chi connectivity index (χ1) is 6.10. The zero-order valence-corrected chi connectivity index (χ0v) is 8.25. The topological polar surface area (TPSA) is 66.8 Å².